The summed E-state index contributed by atoms with van der Waals surface area (Å²) in [5.74, 6) is 0.476. The molecule has 0 fully saturated rings. The van der Waals surface area contributed by atoms with Crippen LogP contribution in [0.2, 0.25) is 0 Å². The van der Waals surface area contributed by atoms with Crippen LogP contribution in [-0.4, -0.2) is 20.9 Å². The van der Waals surface area contributed by atoms with Gasteiger partial charge in [0.05, 0.1) is 22.3 Å². The summed E-state index contributed by atoms with van der Waals surface area (Å²) in [4.78, 5) is 7.42. The first kappa shape index (κ1) is 15.1. The van der Waals surface area contributed by atoms with Crippen LogP contribution >= 0.6 is 0 Å². The molecule has 4 nitrogen and oxygen atoms in total. The fourth-order valence-corrected chi connectivity index (χ4v) is 2.25. The van der Waals surface area contributed by atoms with E-state index in [1.54, 1.807) is 25.1 Å². The van der Waals surface area contributed by atoms with Crippen molar-refractivity contribution in [2.24, 2.45) is 5.16 Å². The maximum atomic E-state index is 12.6. The number of hydrogen-bond donors (Lipinski definition) is 2. The first-order chi connectivity index (χ1) is 10.9. The molecular formula is C16H12F3N3O. The minimum absolute atomic E-state index is 0.456. The van der Waals surface area contributed by atoms with Crippen molar-refractivity contribution in [3.05, 3.63) is 53.6 Å². The van der Waals surface area contributed by atoms with Crippen LogP contribution in [0.1, 0.15) is 18.1 Å². The van der Waals surface area contributed by atoms with Gasteiger partial charge in [0, 0.05) is 11.1 Å². The number of nitrogens with one attached hydrogen (secondary N) is 1. The first-order valence-corrected chi connectivity index (χ1v) is 6.75. The number of fused-ring (bicyclic) bond motifs is 1. The van der Waals surface area contributed by atoms with Crippen molar-refractivity contribution >= 4 is 16.7 Å². The molecule has 0 atom stereocenters. The van der Waals surface area contributed by atoms with E-state index in [4.69, 9.17) is 5.21 Å². The largest absolute Gasteiger partial charge is 0.416 e. The summed E-state index contributed by atoms with van der Waals surface area (Å²) in [5.41, 5.74) is 2.42. The number of benzene rings is 2. The highest BCUT2D eigenvalue weighted by molar-refractivity contribution is 6.00. The lowest BCUT2D eigenvalue weighted by Gasteiger charge is -2.06. The van der Waals surface area contributed by atoms with Crippen LogP contribution in [0.15, 0.2) is 47.6 Å². The molecule has 0 aliphatic carbocycles. The molecule has 0 aliphatic rings. The Morgan fingerprint density at radius 3 is 2.43 bits per heavy atom. The van der Waals surface area contributed by atoms with Crippen LogP contribution in [0, 0.1) is 0 Å². The van der Waals surface area contributed by atoms with Crippen molar-refractivity contribution in [1.29, 1.82) is 0 Å². The molecule has 3 aromatic rings. The van der Waals surface area contributed by atoms with Gasteiger partial charge in [-0.05, 0) is 31.2 Å². The molecule has 0 amide bonds. The van der Waals surface area contributed by atoms with Gasteiger partial charge < -0.3 is 10.2 Å². The Balaban J connectivity index is 2.00. The smallest absolute Gasteiger partial charge is 0.411 e. The molecule has 1 heterocycles. The van der Waals surface area contributed by atoms with Crippen LogP contribution in [0.5, 0.6) is 0 Å². The van der Waals surface area contributed by atoms with Gasteiger partial charge in [-0.25, -0.2) is 4.98 Å². The van der Waals surface area contributed by atoms with E-state index in [1.165, 1.54) is 12.1 Å². The molecule has 3 rings (SSSR count). The SMILES string of the molecule is C/C(=N\O)c1ccc2nc(-c3ccc(C(F)(F)F)cc3)[nH]c2c1. The summed E-state index contributed by atoms with van der Waals surface area (Å²) in [6.07, 6.45) is -4.36. The van der Waals surface area contributed by atoms with Crippen LogP contribution in [0.25, 0.3) is 22.4 Å². The molecule has 0 aliphatic heterocycles. The number of alkyl halides is 3. The lowest BCUT2D eigenvalue weighted by molar-refractivity contribution is -0.137. The quantitative estimate of drug-likeness (QED) is 0.416. The second-order valence-electron chi connectivity index (χ2n) is 5.08. The minimum atomic E-state index is -4.36. The molecule has 1 aromatic heterocycles. The van der Waals surface area contributed by atoms with Crippen molar-refractivity contribution in [2.45, 2.75) is 13.1 Å². The molecule has 0 bridgehead atoms. The van der Waals surface area contributed by atoms with Crippen molar-refractivity contribution < 1.29 is 18.4 Å². The Labute approximate surface area is 129 Å². The fourth-order valence-electron chi connectivity index (χ4n) is 2.25. The van der Waals surface area contributed by atoms with Crippen LogP contribution < -0.4 is 0 Å². The summed E-state index contributed by atoms with van der Waals surface area (Å²) in [6, 6.07) is 10.1. The molecule has 0 radical (unpaired) electrons. The van der Waals surface area contributed by atoms with E-state index < -0.39 is 11.7 Å². The van der Waals surface area contributed by atoms with E-state index in [0.717, 1.165) is 17.7 Å². The van der Waals surface area contributed by atoms with Crippen LogP contribution in [-0.2, 0) is 6.18 Å². The summed E-state index contributed by atoms with van der Waals surface area (Å²) < 4.78 is 37.8. The molecule has 0 saturated heterocycles. The molecule has 0 unspecified atom stereocenters. The van der Waals surface area contributed by atoms with E-state index in [1.807, 2.05) is 0 Å². The Morgan fingerprint density at radius 1 is 1.13 bits per heavy atom. The summed E-state index contributed by atoms with van der Waals surface area (Å²) in [7, 11) is 0. The topological polar surface area (TPSA) is 61.3 Å². The van der Waals surface area contributed by atoms with Crippen LogP contribution in [0.4, 0.5) is 13.2 Å². The number of aromatic amines is 1. The third kappa shape index (κ3) is 2.90. The van der Waals surface area contributed by atoms with Crippen molar-refractivity contribution in [3.63, 3.8) is 0 Å². The number of rotatable bonds is 2. The maximum absolute atomic E-state index is 12.6. The highest BCUT2D eigenvalue weighted by Crippen LogP contribution is 2.30. The second kappa shape index (κ2) is 5.42. The molecule has 23 heavy (non-hydrogen) atoms. The Kier molecular flexibility index (Phi) is 3.55. The highest BCUT2D eigenvalue weighted by Gasteiger charge is 2.30. The van der Waals surface area contributed by atoms with Gasteiger partial charge >= 0.3 is 6.18 Å². The van der Waals surface area contributed by atoms with Crippen LogP contribution in [0.3, 0.4) is 0 Å². The molecule has 0 saturated carbocycles. The first-order valence-electron chi connectivity index (χ1n) is 6.75. The van der Waals surface area contributed by atoms with E-state index in [9.17, 15) is 13.2 Å². The van der Waals surface area contributed by atoms with Crippen molar-refractivity contribution in [3.8, 4) is 11.4 Å². The molecule has 2 aromatic carbocycles. The minimum Gasteiger partial charge on any atom is -0.411 e. The molecule has 7 heteroatoms. The van der Waals surface area contributed by atoms with E-state index in [-0.39, 0.29) is 0 Å². The van der Waals surface area contributed by atoms with Gasteiger partial charge in [0.2, 0.25) is 0 Å². The third-order valence-corrected chi connectivity index (χ3v) is 3.54. The lowest BCUT2D eigenvalue weighted by atomic mass is 10.1. The van der Waals surface area contributed by atoms with E-state index in [2.05, 4.69) is 15.1 Å². The standard InChI is InChI=1S/C16H12F3N3O/c1-9(22-23)11-4-7-13-14(8-11)21-15(20-13)10-2-5-12(6-3-10)16(17,18)19/h2-8,23H,1H3,(H,20,21)/b22-9+. The molecular weight excluding hydrogens is 307 g/mol. The normalized spacial score (nSPS) is 12.8. The number of nitrogens with zero attached hydrogens (tertiary/aromatic N) is 2. The lowest BCUT2D eigenvalue weighted by Crippen LogP contribution is -2.04. The van der Waals surface area contributed by atoms with Gasteiger partial charge in [-0.3, -0.25) is 0 Å². The predicted octanol–water partition coefficient (Wildman–Crippen LogP) is 4.45. The Morgan fingerprint density at radius 2 is 1.83 bits per heavy atom. The number of halogens is 3. The summed E-state index contributed by atoms with van der Waals surface area (Å²) in [6.45, 7) is 1.66. The number of hydrogen-bond acceptors (Lipinski definition) is 3. The summed E-state index contributed by atoms with van der Waals surface area (Å²) >= 11 is 0. The predicted molar refractivity (Wildman–Crippen MR) is 80.5 cm³/mol. The van der Waals surface area contributed by atoms with Crippen molar-refractivity contribution in [1.82, 2.24) is 9.97 Å². The summed E-state index contributed by atoms with van der Waals surface area (Å²) in [5, 5.41) is 11.9. The average molecular weight is 319 g/mol. The number of H-pyrrole nitrogens is 1. The van der Waals surface area contributed by atoms with E-state index in [0.29, 0.717) is 28.1 Å². The maximum Gasteiger partial charge on any atom is 0.416 e. The second-order valence-corrected chi connectivity index (χ2v) is 5.08. The number of imidazole rings is 1. The fraction of sp³-hybridized carbons (Fsp3) is 0.125. The number of oxime groups is 1. The molecule has 2 N–H and O–H groups in total. The van der Waals surface area contributed by atoms with Gasteiger partial charge in [-0.1, -0.05) is 23.4 Å². The Bertz CT molecular complexity index is 880. The zero-order chi connectivity index (χ0) is 16.6. The van der Waals surface area contributed by atoms with Gasteiger partial charge in [0.1, 0.15) is 5.82 Å². The monoisotopic (exact) mass is 319 g/mol. The molecule has 0 spiro atoms. The average Bonchev–Trinajstić information content (AvgIpc) is 2.96. The highest BCUT2D eigenvalue weighted by atomic mass is 19.4. The zero-order valence-corrected chi connectivity index (χ0v) is 12.0. The van der Waals surface area contributed by atoms with Gasteiger partial charge in [0.25, 0.3) is 0 Å². The molecule has 118 valence electrons. The van der Waals surface area contributed by atoms with Gasteiger partial charge in [-0.15, -0.1) is 0 Å². The third-order valence-electron chi connectivity index (χ3n) is 3.54. The number of aromatic nitrogens is 2. The van der Waals surface area contributed by atoms with Crippen molar-refractivity contribution in [2.75, 3.05) is 0 Å². The van der Waals surface area contributed by atoms with Gasteiger partial charge in [0.15, 0.2) is 0 Å². The van der Waals surface area contributed by atoms with Gasteiger partial charge in [-0.2, -0.15) is 13.2 Å². The van der Waals surface area contributed by atoms with E-state index >= 15 is 0 Å². The Hall–Kier alpha value is -2.83. The zero-order valence-electron chi connectivity index (χ0n) is 12.0.